The van der Waals surface area contributed by atoms with Crippen molar-refractivity contribution in [3.05, 3.63) is 65.2 Å². The summed E-state index contributed by atoms with van der Waals surface area (Å²) in [6, 6.07) is 13.7. The summed E-state index contributed by atoms with van der Waals surface area (Å²) in [7, 11) is -4.11. The summed E-state index contributed by atoms with van der Waals surface area (Å²) in [5.41, 5.74) is 9.88. The van der Waals surface area contributed by atoms with Gasteiger partial charge in [0.05, 0.1) is 16.6 Å². The molecule has 1 aliphatic carbocycles. The first-order valence-electron chi connectivity index (χ1n) is 14.6. The second-order valence-corrected chi connectivity index (χ2v) is 14.5. The van der Waals surface area contributed by atoms with Crippen LogP contribution in [0, 0.1) is 19.3 Å². The van der Waals surface area contributed by atoms with E-state index in [4.69, 9.17) is 10.5 Å². The molecule has 224 valence electrons. The van der Waals surface area contributed by atoms with E-state index in [9.17, 15) is 13.2 Å². The maximum atomic E-state index is 14.3. The van der Waals surface area contributed by atoms with Crippen molar-refractivity contribution in [1.29, 1.82) is 0 Å². The van der Waals surface area contributed by atoms with Crippen molar-refractivity contribution >= 4 is 21.9 Å². The van der Waals surface area contributed by atoms with E-state index in [2.05, 4.69) is 35.5 Å². The van der Waals surface area contributed by atoms with Gasteiger partial charge in [0.15, 0.2) is 0 Å². The fourth-order valence-electron chi connectivity index (χ4n) is 6.15. The SMILES string of the molecule is Cc1cccc(C)c1-c1cc2nc(n1)NS(=O)(=O)c1cccc(c1)C(=O)N([C@H]1CC[C@@H](N)CC1)[C@H](CC(C)(C)C)CO2. The molecule has 10 heteroatoms. The van der Waals surface area contributed by atoms with Gasteiger partial charge in [-0.1, -0.05) is 45.0 Å². The Labute approximate surface area is 248 Å². The van der Waals surface area contributed by atoms with Crippen LogP contribution in [0.1, 0.15) is 74.4 Å². The molecule has 4 bridgehead atoms. The molecule has 1 aromatic heterocycles. The summed E-state index contributed by atoms with van der Waals surface area (Å²) in [4.78, 5) is 25.3. The second-order valence-electron chi connectivity index (χ2n) is 12.8. The molecule has 1 aliphatic heterocycles. The lowest BCUT2D eigenvalue weighted by molar-refractivity contribution is 0.0316. The highest BCUT2D eigenvalue weighted by Gasteiger charge is 2.37. The summed E-state index contributed by atoms with van der Waals surface area (Å²) in [6.07, 6.45) is 3.89. The number of hydrogen-bond acceptors (Lipinski definition) is 7. The number of aromatic nitrogens is 2. The molecule has 5 rings (SSSR count). The summed E-state index contributed by atoms with van der Waals surface area (Å²) in [5.74, 6) is -0.0615. The van der Waals surface area contributed by atoms with Crippen LogP contribution < -0.4 is 15.2 Å². The molecular weight excluding hydrogens is 550 g/mol. The number of sulfonamides is 1. The van der Waals surface area contributed by atoms with Gasteiger partial charge in [-0.3, -0.25) is 4.79 Å². The number of carbonyl (C=O) groups is 1. The van der Waals surface area contributed by atoms with E-state index < -0.39 is 10.0 Å². The van der Waals surface area contributed by atoms with Crippen LogP contribution in [-0.4, -0.2) is 53.9 Å². The van der Waals surface area contributed by atoms with Crippen molar-refractivity contribution in [1.82, 2.24) is 14.9 Å². The van der Waals surface area contributed by atoms with Crippen LogP contribution in [0.3, 0.4) is 0 Å². The first-order chi connectivity index (χ1) is 19.8. The van der Waals surface area contributed by atoms with Crippen LogP contribution >= 0.6 is 0 Å². The fraction of sp³-hybridized carbons (Fsp3) is 0.469. The Bertz CT molecular complexity index is 1560. The van der Waals surface area contributed by atoms with Crippen LogP contribution in [0.2, 0.25) is 0 Å². The summed E-state index contributed by atoms with van der Waals surface area (Å²) >= 11 is 0. The van der Waals surface area contributed by atoms with Crippen LogP contribution in [0.5, 0.6) is 5.88 Å². The van der Waals surface area contributed by atoms with Gasteiger partial charge in [-0.15, -0.1) is 0 Å². The number of aryl methyl sites for hydroxylation is 2. The molecule has 0 saturated heterocycles. The van der Waals surface area contributed by atoms with E-state index in [-0.39, 0.29) is 52.8 Å². The number of ether oxygens (including phenoxy) is 1. The predicted octanol–water partition coefficient (Wildman–Crippen LogP) is 5.47. The van der Waals surface area contributed by atoms with Crippen LogP contribution in [0.15, 0.2) is 53.4 Å². The molecule has 2 heterocycles. The molecule has 2 aromatic carbocycles. The average Bonchev–Trinajstić information content (AvgIpc) is 2.91. The summed E-state index contributed by atoms with van der Waals surface area (Å²) in [5, 5.41) is 0. The maximum Gasteiger partial charge on any atom is 0.264 e. The quantitative estimate of drug-likeness (QED) is 0.413. The number of fused-ring (bicyclic) bond motifs is 4. The van der Waals surface area contributed by atoms with Crippen molar-refractivity contribution in [2.24, 2.45) is 11.1 Å². The maximum absolute atomic E-state index is 14.3. The van der Waals surface area contributed by atoms with Crippen molar-refractivity contribution in [3.8, 4) is 17.1 Å². The van der Waals surface area contributed by atoms with E-state index >= 15 is 0 Å². The van der Waals surface area contributed by atoms with E-state index in [1.54, 1.807) is 18.2 Å². The number of nitrogens with one attached hydrogen (secondary N) is 1. The van der Waals surface area contributed by atoms with E-state index in [1.165, 1.54) is 12.1 Å². The van der Waals surface area contributed by atoms with Gasteiger partial charge in [0.1, 0.15) is 6.61 Å². The molecule has 3 N–H and O–H groups in total. The molecular formula is C32H41N5O4S. The Morgan fingerprint density at radius 1 is 1.00 bits per heavy atom. The molecule has 0 unspecified atom stereocenters. The van der Waals surface area contributed by atoms with Crippen LogP contribution in [-0.2, 0) is 10.0 Å². The predicted molar refractivity (Wildman–Crippen MR) is 164 cm³/mol. The minimum atomic E-state index is -4.11. The third kappa shape index (κ3) is 6.60. The lowest BCUT2D eigenvalue weighted by atomic mass is 9.84. The van der Waals surface area contributed by atoms with Crippen molar-refractivity contribution < 1.29 is 17.9 Å². The number of anilines is 1. The topological polar surface area (TPSA) is 128 Å². The third-order valence-corrected chi connectivity index (χ3v) is 9.42. The standard InChI is InChI=1S/C32H41N5O4S/c1-20-8-6-9-21(2)29(20)27-17-28-35-31(34-27)36-42(39,40)26-11-7-10-22(16-26)30(38)37(24-14-12-23(33)13-15-24)25(19-41-28)18-32(3,4)5/h6-11,16-17,23-25H,12-15,18-19,33H2,1-5H3,(H,34,35,36)/t23-,24+,25-/m1/s1. The minimum Gasteiger partial charge on any atom is -0.475 e. The highest BCUT2D eigenvalue weighted by atomic mass is 32.2. The van der Waals surface area contributed by atoms with Gasteiger partial charge in [0, 0.05) is 29.3 Å². The molecule has 3 aromatic rings. The number of hydrogen-bond donors (Lipinski definition) is 2. The monoisotopic (exact) mass is 591 g/mol. The molecule has 0 spiro atoms. The number of amides is 1. The lowest BCUT2D eigenvalue weighted by Gasteiger charge is -2.43. The fourth-order valence-corrected chi connectivity index (χ4v) is 7.14. The third-order valence-electron chi connectivity index (χ3n) is 8.09. The van der Waals surface area contributed by atoms with Crippen LogP contribution in [0.25, 0.3) is 11.3 Å². The Kier molecular flexibility index (Phi) is 8.31. The largest absolute Gasteiger partial charge is 0.475 e. The zero-order valence-electron chi connectivity index (χ0n) is 25.1. The highest BCUT2D eigenvalue weighted by Crippen LogP contribution is 2.34. The van der Waals surface area contributed by atoms with E-state index in [1.807, 2.05) is 36.9 Å². The first kappa shape index (κ1) is 30.0. The van der Waals surface area contributed by atoms with Gasteiger partial charge in [-0.25, -0.2) is 18.1 Å². The van der Waals surface area contributed by atoms with E-state index in [0.717, 1.165) is 42.4 Å². The zero-order chi connectivity index (χ0) is 30.2. The number of nitrogens with zero attached hydrogens (tertiary/aromatic N) is 3. The number of benzene rings is 2. The van der Waals surface area contributed by atoms with Gasteiger partial charge < -0.3 is 15.4 Å². The number of carbonyl (C=O) groups excluding carboxylic acids is 1. The molecule has 0 radical (unpaired) electrons. The Morgan fingerprint density at radius 3 is 2.33 bits per heavy atom. The van der Waals surface area contributed by atoms with Crippen molar-refractivity contribution in [3.63, 3.8) is 0 Å². The normalized spacial score (nSPS) is 22.7. The van der Waals surface area contributed by atoms with Gasteiger partial charge in [0.25, 0.3) is 15.9 Å². The molecule has 2 aliphatic rings. The summed E-state index contributed by atoms with van der Waals surface area (Å²) in [6.45, 7) is 10.6. The van der Waals surface area contributed by atoms with Gasteiger partial charge in [0.2, 0.25) is 11.8 Å². The Balaban J connectivity index is 1.67. The molecule has 1 saturated carbocycles. The van der Waals surface area contributed by atoms with E-state index in [0.29, 0.717) is 17.7 Å². The van der Waals surface area contributed by atoms with Gasteiger partial charge in [-0.05, 0) is 80.7 Å². The molecule has 1 atom stereocenters. The molecule has 42 heavy (non-hydrogen) atoms. The molecule has 1 fully saturated rings. The Hall–Kier alpha value is -3.50. The Morgan fingerprint density at radius 2 is 1.67 bits per heavy atom. The lowest BCUT2D eigenvalue weighted by Crippen LogP contribution is -2.52. The average molecular weight is 592 g/mol. The second kappa shape index (κ2) is 11.6. The van der Waals surface area contributed by atoms with Crippen molar-refractivity contribution in [2.45, 2.75) is 89.7 Å². The number of rotatable bonds is 3. The number of nitrogens with two attached hydrogens (primary N) is 1. The minimum absolute atomic E-state index is 0.0332. The smallest absolute Gasteiger partial charge is 0.264 e. The molecule has 1 amide bonds. The highest BCUT2D eigenvalue weighted by molar-refractivity contribution is 7.92. The van der Waals surface area contributed by atoms with Crippen LogP contribution in [0.4, 0.5) is 5.95 Å². The molecule has 9 nitrogen and oxygen atoms in total. The van der Waals surface area contributed by atoms with Gasteiger partial charge in [-0.2, -0.15) is 4.98 Å². The summed E-state index contributed by atoms with van der Waals surface area (Å²) < 4.78 is 36.0. The van der Waals surface area contributed by atoms with Crippen molar-refractivity contribution in [2.75, 3.05) is 11.3 Å². The zero-order valence-corrected chi connectivity index (χ0v) is 25.9. The first-order valence-corrected chi connectivity index (χ1v) is 16.1. The van der Waals surface area contributed by atoms with Gasteiger partial charge >= 0.3 is 0 Å².